The maximum Gasteiger partial charge on any atom is 0.226 e. The topological polar surface area (TPSA) is 60.0 Å². The Morgan fingerprint density at radius 1 is 1.16 bits per heavy atom. The molecule has 0 bridgehead atoms. The van der Waals surface area contributed by atoms with E-state index in [1.165, 1.54) is 50.2 Å². The van der Waals surface area contributed by atoms with Gasteiger partial charge in [-0.1, -0.05) is 12.1 Å². The molecule has 3 heterocycles. The van der Waals surface area contributed by atoms with E-state index in [1.807, 2.05) is 11.7 Å². The molecule has 25 heavy (non-hydrogen) atoms. The van der Waals surface area contributed by atoms with E-state index < -0.39 is 0 Å². The number of aromatic nitrogens is 4. The Morgan fingerprint density at radius 2 is 1.92 bits per heavy atom. The summed E-state index contributed by atoms with van der Waals surface area (Å²) in [7, 11) is 1.99. The molecule has 0 amide bonds. The Kier molecular flexibility index (Phi) is 5.89. The first-order valence-corrected chi connectivity index (χ1v) is 9.59. The first-order chi connectivity index (χ1) is 12.1. The molecule has 2 aromatic heterocycles. The quantitative estimate of drug-likeness (QED) is 0.772. The molecule has 6 heteroatoms. The van der Waals surface area contributed by atoms with Crippen LogP contribution in [0.1, 0.15) is 54.9 Å². The van der Waals surface area contributed by atoms with Crippen molar-refractivity contribution in [1.82, 2.24) is 24.8 Å². The Balaban J connectivity index is 1.49. The van der Waals surface area contributed by atoms with Gasteiger partial charge in [0.15, 0.2) is 5.82 Å². The standard InChI is InChI=1S/C19H31N5O/c1-5-10-24-11-8-16(9-12-24)13-18-20-19(25-22-18)7-6-17-14(2)21-23(4)15(17)3/h16H,5-13H2,1-4H3. The van der Waals surface area contributed by atoms with Gasteiger partial charge in [0.1, 0.15) is 0 Å². The minimum absolute atomic E-state index is 0.696. The highest BCUT2D eigenvalue weighted by atomic mass is 16.5. The second kappa shape index (κ2) is 8.13. The second-order valence-corrected chi connectivity index (χ2v) is 7.37. The van der Waals surface area contributed by atoms with Gasteiger partial charge in [0, 0.05) is 25.6 Å². The summed E-state index contributed by atoms with van der Waals surface area (Å²) in [6.07, 6.45) is 6.39. The van der Waals surface area contributed by atoms with Gasteiger partial charge < -0.3 is 9.42 Å². The minimum Gasteiger partial charge on any atom is -0.339 e. The lowest BCUT2D eigenvalue weighted by atomic mass is 9.93. The molecule has 138 valence electrons. The number of likely N-dealkylation sites (tertiary alicyclic amines) is 1. The molecule has 2 aromatic rings. The van der Waals surface area contributed by atoms with Gasteiger partial charge in [-0.15, -0.1) is 0 Å². The van der Waals surface area contributed by atoms with Gasteiger partial charge in [-0.25, -0.2) is 0 Å². The van der Waals surface area contributed by atoms with Crippen molar-refractivity contribution >= 4 is 0 Å². The van der Waals surface area contributed by atoms with Gasteiger partial charge in [0.2, 0.25) is 5.89 Å². The predicted molar refractivity (Wildman–Crippen MR) is 97.5 cm³/mol. The summed E-state index contributed by atoms with van der Waals surface area (Å²) in [5.41, 5.74) is 3.61. The molecule has 3 rings (SSSR count). The Morgan fingerprint density at radius 3 is 2.56 bits per heavy atom. The van der Waals surface area contributed by atoms with Crippen LogP contribution in [-0.2, 0) is 26.3 Å². The number of nitrogens with zero attached hydrogens (tertiary/aromatic N) is 5. The second-order valence-electron chi connectivity index (χ2n) is 7.37. The van der Waals surface area contributed by atoms with Crippen LogP contribution >= 0.6 is 0 Å². The van der Waals surface area contributed by atoms with E-state index >= 15 is 0 Å². The normalized spacial score (nSPS) is 16.6. The number of hydrogen-bond acceptors (Lipinski definition) is 5. The van der Waals surface area contributed by atoms with E-state index in [0.29, 0.717) is 5.92 Å². The molecule has 0 spiro atoms. The van der Waals surface area contributed by atoms with Crippen molar-refractivity contribution in [1.29, 1.82) is 0 Å². The Labute approximate surface area is 150 Å². The molecule has 6 nitrogen and oxygen atoms in total. The molecule has 0 radical (unpaired) electrons. The molecule has 0 saturated carbocycles. The fourth-order valence-electron chi connectivity index (χ4n) is 3.87. The molecule has 1 aliphatic heterocycles. The maximum absolute atomic E-state index is 5.48. The molecule has 0 unspecified atom stereocenters. The summed E-state index contributed by atoms with van der Waals surface area (Å²) < 4.78 is 7.41. The molecule has 1 saturated heterocycles. The van der Waals surface area contributed by atoms with Gasteiger partial charge in [-0.05, 0) is 70.6 Å². The minimum atomic E-state index is 0.696. The molecule has 1 aliphatic rings. The number of piperidine rings is 1. The molecule has 1 fully saturated rings. The summed E-state index contributed by atoms with van der Waals surface area (Å²) >= 11 is 0. The third kappa shape index (κ3) is 4.48. The highest BCUT2D eigenvalue weighted by Gasteiger charge is 2.21. The zero-order valence-corrected chi connectivity index (χ0v) is 16.1. The first kappa shape index (κ1) is 18.1. The average Bonchev–Trinajstić information content (AvgIpc) is 3.13. The fourth-order valence-corrected chi connectivity index (χ4v) is 3.87. The molecule has 0 aromatic carbocycles. The van der Waals surface area contributed by atoms with E-state index in [2.05, 4.69) is 40.9 Å². The van der Waals surface area contributed by atoms with Crippen molar-refractivity contribution < 1.29 is 4.52 Å². The zero-order chi connectivity index (χ0) is 17.8. The smallest absolute Gasteiger partial charge is 0.226 e. The molecule has 0 atom stereocenters. The Bertz CT molecular complexity index is 682. The van der Waals surface area contributed by atoms with Crippen LogP contribution in [0.5, 0.6) is 0 Å². The van der Waals surface area contributed by atoms with Crippen molar-refractivity contribution in [3.05, 3.63) is 28.7 Å². The van der Waals surface area contributed by atoms with Crippen molar-refractivity contribution in [2.45, 2.75) is 59.3 Å². The van der Waals surface area contributed by atoms with Gasteiger partial charge in [0.05, 0.1) is 5.69 Å². The summed E-state index contributed by atoms with van der Waals surface area (Å²) in [6.45, 7) is 10.1. The Hall–Kier alpha value is -1.69. The number of rotatable bonds is 7. The lowest BCUT2D eigenvalue weighted by Crippen LogP contribution is -2.34. The molecule has 0 N–H and O–H groups in total. The van der Waals surface area contributed by atoms with Crippen molar-refractivity contribution in [3.63, 3.8) is 0 Å². The lowest BCUT2D eigenvalue weighted by Gasteiger charge is -2.31. The highest BCUT2D eigenvalue weighted by Crippen LogP contribution is 2.21. The predicted octanol–water partition coefficient (Wildman–Crippen LogP) is 2.87. The van der Waals surface area contributed by atoms with Crippen LogP contribution in [0, 0.1) is 19.8 Å². The van der Waals surface area contributed by atoms with Crippen LogP contribution in [0.25, 0.3) is 0 Å². The summed E-state index contributed by atoms with van der Waals surface area (Å²) in [4.78, 5) is 7.19. The van der Waals surface area contributed by atoms with Crippen LogP contribution in [0.2, 0.25) is 0 Å². The van der Waals surface area contributed by atoms with E-state index in [9.17, 15) is 0 Å². The largest absolute Gasteiger partial charge is 0.339 e. The van der Waals surface area contributed by atoms with Gasteiger partial charge in [-0.3, -0.25) is 4.68 Å². The van der Waals surface area contributed by atoms with E-state index in [4.69, 9.17) is 4.52 Å². The van der Waals surface area contributed by atoms with E-state index in [-0.39, 0.29) is 0 Å². The van der Waals surface area contributed by atoms with Crippen LogP contribution in [0.15, 0.2) is 4.52 Å². The van der Waals surface area contributed by atoms with Crippen LogP contribution < -0.4 is 0 Å². The fraction of sp³-hybridized carbons (Fsp3) is 0.737. The van der Waals surface area contributed by atoms with Crippen molar-refractivity contribution in [2.75, 3.05) is 19.6 Å². The SMILES string of the molecule is CCCN1CCC(Cc2noc(CCc3c(C)nn(C)c3C)n2)CC1. The third-order valence-corrected chi connectivity index (χ3v) is 5.48. The number of hydrogen-bond donors (Lipinski definition) is 0. The first-order valence-electron chi connectivity index (χ1n) is 9.59. The molecule has 0 aliphatic carbocycles. The zero-order valence-electron chi connectivity index (χ0n) is 16.1. The maximum atomic E-state index is 5.48. The average molecular weight is 345 g/mol. The van der Waals surface area contributed by atoms with Gasteiger partial charge >= 0.3 is 0 Å². The van der Waals surface area contributed by atoms with E-state index in [0.717, 1.165) is 36.7 Å². The monoisotopic (exact) mass is 345 g/mol. The lowest BCUT2D eigenvalue weighted by molar-refractivity contribution is 0.182. The van der Waals surface area contributed by atoms with Crippen molar-refractivity contribution in [2.24, 2.45) is 13.0 Å². The summed E-state index contributed by atoms with van der Waals surface area (Å²) in [5, 5.41) is 8.68. The van der Waals surface area contributed by atoms with Crippen molar-refractivity contribution in [3.8, 4) is 0 Å². The molecular weight excluding hydrogens is 314 g/mol. The van der Waals surface area contributed by atoms with Gasteiger partial charge in [0.25, 0.3) is 0 Å². The molecular formula is C19H31N5O. The van der Waals surface area contributed by atoms with E-state index in [1.54, 1.807) is 0 Å². The summed E-state index contributed by atoms with van der Waals surface area (Å²) in [5.74, 6) is 2.33. The van der Waals surface area contributed by atoms with Crippen LogP contribution in [-0.4, -0.2) is 44.5 Å². The third-order valence-electron chi connectivity index (χ3n) is 5.48. The summed E-state index contributed by atoms with van der Waals surface area (Å²) in [6, 6.07) is 0. The van der Waals surface area contributed by atoms with Gasteiger partial charge in [-0.2, -0.15) is 10.1 Å². The van der Waals surface area contributed by atoms with Crippen LogP contribution in [0.4, 0.5) is 0 Å². The van der Waals surface area contributed by atoms with Crippen LogP contribution in [0.3, 0.4) is 0 Å². The number of aryl methyl sites for hydroxylation is 3. The highest BCUT2D eigenvalue weighted by molar-refractivity contribution is 5.24.